The van der Waals surface area contributed by atoms with Crippen LogP contribution in [0.5, 0.6) is 11.5 Å². The van der Waals surface area contributed by atoms with Gasteiger partial charge in [0.25, 0.3) is 0 Å². The van der Waals surface area contributed by atoms with Gasteiger partial charge < -0.3 is 9.47 Å². The molecule has 4 heteroatoms. The number of hydrogen-bond donors (Lipinski definition) is 0. The zero-order valence-electron chi connectivity index (χ0n) is 8.44. The highest BCUT2D eigenvalue weighted by Gasteiger charge is 2.09. The molecular formula is C11H10O4. The summed E-state index contributed by atoms with van der Waals surface area (Å²) in [6.45, 7) is 8.01. The smallest absolute Gasteiger partial charge is 0.308 e. The molecule has 0 aromatic heterocycles. The van der Waals surface area contributed by atoms with Crippen LogP contribution in [-0.2, 0) is 9.59 Å². The summed E-state index contributed by atoms with van der Waals surface area (Å²) in [6, 6.07) is 4.43. The van der Waals surface area contributed by atoms with Gasteiger partial charge in [0.1, 0.15) is 0 Å². The second-order valence-corrected chi connectivity index (χ2v) is 2.89. The molecule has 0 aliphatic heterocycles. The number of rotatable bonds is 2. The van der Waals surface area contributed by atoms with E-state index in [1.807, 2.05) is 0 Å². The minimum atomic E-state index is -0.506. The van der Waals surface area contributed by atoms with Crippen molar-refractivity contribution in [3.8, 4) is 11.5 Å². The Hall–Kier alpha value is -1.84. The Bertz CT molecular complexity index is 396. The van der Waals surface area contributed by atoms with Crippen molar-refractivity contribution in [3.05, 3.63) is 30.7 Å². The van der Waals surface area contributed by atoms with Crippen LogP contribution < -0.4 is 9.47 Å². The molecule has 1 rings (SSSR count). The van der Waals surface area contributed by atoms with Gasteiger partial charge in [-0.2, -0.15) is 0 Å². The summed E-state index contributed by atoms with van der Waals surface area (Å²) in [5.41, 5.74) is 0.419. The maximum atomic E-state index is 10.8. The molecule has 1 aromatic carbocycles. The van der Waals surface area contributed by atoms with Crippen molar-refractivity contribution in [2.75, 3.05) is 0 Å². The lowest BCUT2D eigenvalue weighted by Crippen LogP contribution is -2.07. The molecule has 0 spiro atoms. The maximum absolute atomic E-state index is 10.8. The SMILES string of the molecule is [CH]c1ccc(OC(C)=O)c(OC(C)=O)c1. The van der Waals surface area contributed by atoms with E-state index < -0.39 is 11.9 Å². The molecule has 4 nitrogen and oxygen atoms in total. The highest BCUT2D eigenvalue weighted by Crippen LogP contribution is 2.28. The van der Waals surface area contributed by atoms with E-state index in [0.717, 1.165) is 0 Å². The van der Waals surface area contributed by atoms with Crippen molar-refractivity contribution in [2.45, 2.75) is 13.8 Å². The van der Waals surface area contributed by atoms with Gasteiger partial charge >= 0.3 is 11.9 Å². The van der Waals surface area contributed by atoms with Gasteiger partial charge in [0.2, 0.25) is 0 Å². The standard InChI is InChI=1S/C11H10O4/c1-7-4-5-10(14-8(2)12)11(6-7)15-9(3)13/h1,4-6H,2-3H3. The third kappa shape index (κ3) is 3.42. The summed E-state index contributed by atoms with van der Waals surface area (Å²) < 4.78 is 9.66. The Morgan fingerprint density at radius 3 is 2.13 bits per heavy atom. The lowest BCUT2D eigenvalue weighted by atomic mass is 10.2. The molecule has 0 amide bonds. The van der Waals surface area contributed by atoms with Gasteiger partial charge in [-0.1, -0.05) is 6.07 Å². The van der Waals surface area contributed by atoms with Gasteiger partial charge in [0.05, 0.1) is 0 Å². The lowest BCUT2D eigenvalue weighted by molar-refractivity contribution is -0.134. The number of ether oxygens (including phenoxy) is 2. The van der Waals surface area contributed by atoms with Crippen molar-refractivity contribution in [3.63, 3.8) is 0 Å². The molecule has 78 valence electrons. The monoisotopic (exact) mass is 206 g/mol. The first kappa shape index (κ1) is 11.2. The number of esters is 2. The third-order valence-corrected chi connectivity index (χ3v) is 1.48. The summed E-state index contributed by atoms with van der Waals surface area (Å²) in [5.74, 6) is -0.688. The first-order valence-corrected chi connectivity index (χ1v) is 4.25. The van der Waals surface area contributed by atoms with Gasteiger partial charge in [-0.05, 0) is 24.6 Å². The van der Waals surface area contributed by atoms with Crippen LogP contribution in [0, 0.1) is 6.92 Å². The van der Waals surface area contributed by atoms with Crippen molar-refractivity contribution in [1.29, 1.82) is 0 Å². The third-order valence-electron chi connectivity index (χ3n) is 1.48. The van der Waals surface area contributed by atoms with Crippen molar-refractivity contribution in [1.82, 2.24) is 0 Å². The summed E-state index contributed by atoms with van der Waals surface area (Å²) >= 11 is 0. The number of carbonyl (C=O) groups excluding carboxylic acids is 2. The number of carbonyl (C=O) groups is 2. The molecule has 0 saturated heterocycles. The Morgan fingerprint density at radius 2 is 1.60 bits per heavy atom. The van der Waals surface area contributed by atoms with Crippen LogP contribution in [0.2, 0.25) is 0 Å². The molecular weight excluding hydrogens is 196 g/mol. The number of hydrogen-bond acceptors (Lipinski definition) is 4. The summed E-state index contributed by atoms with van der Waals surface area (Å²) in [6.07, 6.45) is 0. The van der Waals surface area contributed by atoms with E-state index in [2.05, 4.69) is 0 Å². The topological polar surface area (TPSA) is 52.6 Å². The first-order valence-electron chi connectivity index (χ1n) is 4.25. The molecule has 0 aliphatic rings. The highest BCUT2D eigenvalue weighted by molar-refractivity contribution is 5.73. The minimum Gasteiger partial charge on any atom is -0.423 e. The predicted molar refractivity (Wildman–Crippen MR) is 52.5 cm³/mol. The van der Waals surface area contributed by atoms with E-state index in [9.17, 15) is 9.59 Å². The normalized spacial score (nSPS) is 9.53. The molecule has 0 atom stereocenters. The van der Waals surface area contributed by atoms with E-state index in [-0.39, 0.29) is 11.5 Å². The zero-order valence-corrected chi connectivity index (χ0v) is 8.44. The summed E-state index contributed by atoms with van der Waals surface area (Å²) in [4.78, 5) is 21.5. The quantitative estimate of drug-likeness (QED) is 0.544. The zero-order chi connectivity index (χ0) is 11.4. The van der Waals surface area contributed by atoms with E-state index in [1.54, 1.807) is 6.07 Å². The van der Waals surface area contributed by atoms with Gasteiger partial charge in [0, 0.05) is 13.8 Å². The van der Waals surface area contributed by atoms with Crippen LogP contribution in [0.25, 0.3) is 0 Å². The lowest BCUT2D eigenvalue weighted by Gasteiger charge is -2.08. The van der Waals surface area contributed by atoms with Gasteiger partial charge in [-0.25, -0.2) is 0 Å². The Balaban J connectivity index is 3.02. The predicted octanol–water partition coefficient (Wildman–Crippen LogP) is 1.60. The molecule has 0 fully saturated rings. The Labute approximate surface area is 87.8 Å². The molecule has 0 N–H and O–H groups in total. The van der Waals surface area contributed by atoms with Crippen LogP contribution in [0.15, 0.2) is 18.2 Å². The first-order chi connectivity index (χ1) is 6.99. The molecule has 0 saturated carbocycles. The van der Waals surface area contributed by atoms with Crippen molar-refractivity contribution >= 4 is 11.9 Å². The molecule has 15 heavy (non-hydrogen) atoms. The van der Waals surface area contributed by atoms with Crippen molar-refractivity contribution < 1.29 is 19.1 Å². The second kappa shape index (κ2) is 4.59. The van der Waals surface area contributed by atoms with Gasteiger partial charge in [0.15, 0.2) is 11.5 Å². The van der Waals surface area contributed by atoms with E-state index in [0.29, 0.717) is 5.56 Å². The van der Waals surface area contributed by atoms with Crippen LogP contribution in [0.1, 0.15) is 19.4 Å². The Kier molecular flexibility index (Phi) is 3.44. The largest absolute Gasteiger partial charge is 0.423 e. The van der Waals surface area contributed by atoms with Crippen LogP contribution >= 0.6 is 0 Å². The van der Waals surface area contributed by atoms with Crippen molar-refractivity contribution in [2.24, 2.45) is 0 Å². The molecule has 1 aromatic rings. The molecule has 0 aliphatic carbocycles. The maximum Gasteiger partial charge on any atom is 0.308 e. The van der Waals surface area contributed by atoms with E-state index in [4.69, 9.17) is 16.4 Å². The van der Waals surface area contributed by atoms with Crippen LogP contribution in [0.4, 0.5) is 0 Å². The fraction of sp³-hybridized carbons (Fsp3) is 0.182. The molecule has 2 radical (unpaired) electrons. The van der Waals surface area contributed by atoms with Gasteiger partial charge in [-0.3, -0.25) is 9.59 Å². The van der Waals surface area contributed by atoms with E-state index in [1.165, 1.54) is 26.0 Å². The Morgan fingerprint density at radius 1 is 1.07 bits per heavy atom. The van der Waals surface area contributed by atoms with Gasteiger partial charge in [-0.15, -0.1) is 0 Å². The minimum absolute atomic E-state index is 0.137. The van der Waals surface area contributed by atoms with E-state index >= 15 is 0 Å². The molecule has 0 bridgehead atoms. The fourth-order valence-corrected chi connectivity index (χ4v) is 0.998. The summed E-state index contributed by atoms with van der Waals surface area (Å²) in [5, 5.41) is 0. The number of benzene rings is 1. The second-order valence-electron chi connectivity index (χ2n) is 2.89. The average Bonchev–Trinajstić information content (AvgIpc) is 2.08. The summed E-state index contributed by atoms with van der Waals surface area (Å²) in [7, 11) is 0. The van der Waals surface area contributed by atoms with Crippen LogP contribution in [-0.4, -0.2) is 11.9 Å². The molecule has 0 unspecified atom stereocenters. The van der Waals surface area contributed by atoms with Crippen LogP contribution in [0.3, 0.4) is 0 Å². The fourth-order valence-electron chi connectivity index (χ4n) is 0.998. The molecule has 0 heterocycles. The average molecular weight is 206 g/mol. The highest BCUT2D eigenvalue weighted by atomic mass is 16.6.